The van der Waals surface area contributed by atoms with Gasteiger partial charge in [0.15, 0.2) is 0 Å². The Morgan fingerprint density at radius 1 is 1.00 bits per heavy atom. The third-order valence-corrected chi connectivity index (χ3v) is 3.76. The number of nitrogens with zero attached hydrogens (tertiary/aromatic N) is 2. The van der Waals surface area contributed by atoms with Gasteiger partial charge in [-0.3, -0.25) is 0 Å². The maximum Gasteiger partial charge on any atom is 0.0961 e. The maximum absolute atomic E-state index is 6.20. The van der Waals surface area contributed by atoms with Gasteiger partial charge >= 0.3 is 0 Å². The van der Waals surface area contributed by atoms with Crippen molar-refractivity contribution in [3.63, 3.8) is 0 Å². The third-order valence-electron chi connectivity index (χ3n) is 2.90. The highest BCUT2D eigenvalue weighted by molar-refractivity contribution is 6.42. The van der Waals surface area contributed by atoms with Crippen LogP contribution in [0.1, 0.15) is 5.56 Å². The largest absolute Gasteiger partial charge is 0.326 e. The van der Waals surface area contributed by atoms with Gasteiger partial charge in [-0.15, -0.1) is 0 Å². The Labute approximate surface area is 115 Å². The first-order valence-corrected chi connectivity index (χ1v) is 6.34. The molecule has 0 saturated carbocycles. The lowest BCUT2D eigenvalue weighted by Crippen LogP contribution is -1.98. The Kier molecular flexibility index (Phi) is 2.98. The molecule has 0 N–H and O–H groups in total. The molecule has 4 heteroatoms. The van der Waals surface area contributed by atoms with Gasteiger partial charge in [0.05, 0.1) is 34.0 Å². The van der Waals surface area contributed by atoms with Gasteiger partial charge in [-0.1, -0.05) is 47.5 Å². The van der Waals surface area contributed by atoms with Crippen molar-refractivity contribution >= 4 is 34.2 Å². The van der Waals surface area contributed by atoms with Crippen LogP contribution in [-0.4, -0.2) is 9.55 Å². The van der Waals surface area contributed by atoms with E-state index in [1.807, 2.05) is 42.7 Å². The second-order valence-electron chi connectivity index (χ2n) is 4.07. The number of para-hydroxylation sites is 2. The van der Waals surface area contributed by atoms with E-state index in [0.717, 1.165) is 16.6 Å². The first-order valence-electron chi connectivity index (χ1n) is 5.58. The highest BCUT2D eigenvalue weighted by atomic mass is 35.5. The molecule has 0 bridgehead atoms. The molecule has 90 valence electrons. The lowest BCUT2D eigenvalue weighted by Gasteiger charge is -2.07. The molecular formula is C14H10Cl2N2. The fraction of sp³-hybridized carbons (Fsp3) is 0.0714. The van der Waals surface area contributed by atoms with Crippen LogP contribution in [0.15, 0.2) is 48.8 Å². The van der Waals surface area contributed by atoms with Crippen molar-refractivity contribution in [3.05, 3.63) is 64.4 Å². The van der Waals surface area contributed by atoms with Crippen LogP contribution in [0.4, 0.5) is 0 Å². The van der Waals surface area contributed by atoms with E-state index >= 15 is 0 Å². The molecule has 3 rings (SSSR count). The summed E-state index contributed by atoms with van der Waals surface area (Å²) >= 11 is 12.2. The van der Waals surface area contributed by atoms with Crippen LogP contribution in [0.25, 0.3) is 11.0 Å². The zero-order valence-corrected chi connectivity index (χ0v) is 11.0. The molecule has 0 atom stereocenters. The Morgan fingerprint density at radius 3 is 2.72 bits per heavy atom. The van der Waals surface area contributed by atoms with Crippen LogP contribution in [0.5, 0.6) is 0 Å². The fourth-order valence-corrected chi connectivity index (χ4v) is 2.37. The fourth-order valence-electron chi connectivity index (χ4n) is 1.99. The molecule has 0 spiro atoms. The van der Waals surface area contributed by atoms with E-state index in [0.29, 0.717) is 16.6 Å². The Bertz CT molecular complexity index is 704. The van der Waals surface area contributed by atoms with Gasteiger partial charge in [0, 0.05) is 0 Å². The zero-order chi connectivity index (χ0) is 12.5. The summed E-state index contributed by atoms with van der Waals surface area (Å²) in [4.78, 5) is 4.35. The summed E-state index contributed by atoms with van der Waals surface area (Å²) in [5.41, 5.74) is 3.07. The number of hydrogen-bond acceptors (Lipinski definition) is 1. The van der Waals surface area contributed by atoms with Gasteiger partial charge in [0.1, 0.15) is 0 Å². The van der Waals surface area contributed by atoms with Crippen molar-refractivity contribution in [1.82, 2.24) is 9.55 Å². The number of fused-ring (bicyclic) bond motifs is 1. The number of imidazole rings is 1. The van der Waals surface area contributed by atoms with Gasteiger partial charge in [0.2, 0.25) is 0 Å². The summed E-state index contributed by atoms with van der Waals surface area (Å²) in [7, 11) is 0. The minimum Gasteiger partial charge on any atom is -0.326 e. The van der Waals surface area contributed by atoms with E-state index in [2.05, 4.69) is 9.55 Å². The van der Waals surface area contributed by atoms with Gasteiger partial charge < -0.3 is 4.57 Å². The van der Waals surface area contributed by atoms with E-state index < -0.39 is 0 Å². The molecule has 0 unspecified atom stereocenters. The van der Waals surface area contributed by atoms with E-state index in [4.69, 9.17) is 23.2 Å². The summed E-state index contributed by atoms with van der Waals surface area (Å²) < 4.78 is 2.06. The Hall–Kier alpha value is -1.51. The van der Waals surface area contributed by atoms with E-state index in [-0.39, 0.29) is 0 Å². The molecule has 0 aliphatic heterocycles. The van der Waals surface area contributed by atoms with Gasteiger partial charge in [0.25, 0.3) is 0 Å². The first-order chi connectivity index (χ1) is 8.75. The van der Waals surface area contributed by atoms with Crippen LogP contribution in [0.2, 0.25) is 10.0 Å². The van der Waals surface area contributed by atoms with Crippen LogP contribution in [0, 0.1) is 0 Å². The molecule has 1 aromatic heterocycles. The lowest BCUT2D eigenvalue weighted by molar-refractivity contribution is 0.825. The van der Waals surface area contributed by atoms with Crippen LogP contribution >= 0.6 is 23.2 Å². The first kappa shape index (κ1) is 11.6. The van der Waals surface area contributed by atoms with E-state index in [9.17, 15) is 0 Å². The number of aromatic nitrogens is 2. The summed E-state index contributed by atoms with van der Waals surface area (Å²) in [6.07, 6.45) is 1.82. The third kappa shape index (κ3) is 1.98. The summed E-state index contributed by atoms with van der Waals surface area (Å²) in [6.45, 7) is 0.667. The zero-order valence-electron chi connectivity index (χ0n) is 9.48. The van der Waals surface area contributed by atoms with Gasteiger partial charge in [-0.25, -0.2) is 4.98 Å². The molecule has 0 saturated heterocycles. The van der Waals surface area contributed by atoms with Gasteiger partial charge in [-0.05, 0) is 23.8 Å². The maximum atomic E-state index is 6.20. The Morgan fingerprint density at radius 2 is 1.83 bits per heavy atom. The van der Waals surface area contributed by atoms with Crippen molar-refractivity contribution in [2.75, 3.05) is 0 Å². The number of benzene rings is 2. The molecule has 0 aliphatic rings. The molecule has 0 aliphatic carbocycles. The average molecular weight is 277 g/mol. The number of rotatable bonds is 2. The molecule has 0 fully saturated rings. The quantitative estimate of drug-likeness (QED) is 0.679. The van der Waals surface area contributed by atoms with Crippen LogP contribution < -0.4 is 0 Å². The van der Waals surface area contributed by atoms with Crippen molar-refractivity contribution in [3.8, 4) is 0 Å². The Balaban J connectivity index is 2.04. The lowest BCUT2D eigenvalue weighted by atomic mass is 10.2. The highest BCUT2D eigenvalue weighted by Gasteiger charge is 2.07. The normalized spacial score (nSPS) is 11.0. The molecule has 2 aromatic carbocycles. The van der Waals surface area contributed by atoms with E-state index in [1.54, 1.807) is 6.07 Å². The second kappa shape index (κ2) is 4.63. The topological polar surface area (TPSA) is 17.8 Å². The van der Waals surface area contributed by atoms with Crippen molar-refractivity contribution in [2.24, 2.45) is 0 Å². The summed E-state index contributed by atoms with van der Waals surface area (Å²) in [5.74, 6) is 0. The molecule has 0 radical (unpaired) electrons. The predicted octanol–water partition coefficient (Wildman–Crippen LogP) is 4.39. The molecule has 0 amide bonds. The van der Waals surface area contributed by atoms with Crippen LogP contribution in [-0.2, 0) is 6.54 Å². The molecule has 2 nitrogen and oxygen atoms in total. The smallest absolute Gasteiger partial charge is 0.0961 e. The van der Waals surface area contributed by atoms with Crippen molar-refractivity contribution in [2.45, 2.75) is 6.54 Å². The summed E-state index contributed by atoms with van der Waals surface area (Å²) in [6, 6.07) is 13.7. The summed E-state index contributed by atoms with van der Waals surface area (Å²) in [5, 5.41) is 1.19. The van der Waals surface area contributed by atoms with Crippen LogP contribution in [0.3, 0.4) is 0 Å². The standard InChI is InChI=1S/C14H10Cl2N2/c15-11-5-3-4-10(14(11)16)8-18-9-17-12-6-1-2-7-13(12)18/h1-7,9H,8H2. The molecular weight excluding hydrogens is 267 g/mol. The highest BCUT2D eigenvalue weighted by Crippen LogP contribution is 2.26. The predicted molar refractivity (Wildman–Crippen MR) is 75.3 cm³/mol. The SMILES string of the molecule is Clc1cccc(Cn2cnc3ccccc32)c1Cl. The minimum atomic E-state index is 0.582. The average Bonchev–Trinajstić information content (AvgIpc) is 2.79. The minimum absolute atomic E-state index is 0.582. The molecule has 3 aromatic rings. The van der Waals surface area contributed by atoms with Crippen molar-refractivity contribution in [1.29, 1.82) is 0 Å². The van der Waals surface area contributed by atoms with E-state index in [1.165, 1.54) is 0 Å². The van der Waals surface area contributed by atoms with Gasteiger partial charge in [-0.2, -0.15) is 0 Å². The molecule has 1 heterocycles. The monoisotopic (exact) mass is 276 g/mol. The number of hydrogen-bond donors (Lipinski definition) is 0. The second-order valence-corrected chi connectivity index (χ2v) is 4.86. The molecule has 18 heavy (non-hydrogen) atoms. The van der Waals surface area contributed by atoms with Crippen molar-refractivity contribution < 1.29 is 0 Å². The number of halogens is 2.